The Bertz CT molecular complexity index is 840. The molecule has 0 radical (unpaired) electrons. The third-order valence-corrected chi connectivity index (χ3v) is 4.79. The van der Waals surface area contributed by atoms with Crippen LogP contribution in [0.5, 0.6) is 0 Å². The van der Waals surface area contributed by atoms with Crippen LogP contribution in [-0.4, -0.2) is 36.5 Å². The number of aromatic nitrogens is 1. The molecule has 1 aromatic carbocycles. The molecule has 0 spiro atoms. The molecule has 1 aliphatic heterocycles. The number of carbonyl (C=O) groups is 3. The van der Waals surface area contributed by atoms with E-state index in [2.05, 4.69) is 0 Å². The summed E-state index contributed by atoms with van der Waals surface area (Å²) < 4.78 is 11.3. The van der Waals surface area contributed by atoms with Gasteiger partial charge < -0.3 is 14.0 Å². The molecule has 1 aromatic heterocycles. The van der Waals surface area contributed by atoms with Crippen molar-refractivity contribution in [2.45, 2.75) is 18.4 Å². The number of carbonyl (C=O) groups excluding carboxylic acids is 3. The van der Waals surface area contributed by atoms with Crippen LogP contribution in [-0.2, 0) is 31.0 Å². The molecule has 0 atom stereocenters. The predicted molar refractivity (Wildman–Crippen MR) is 89.6 cm³/mol. The molecule has 0 saturated heterocycles. The van der Waals surface area contributed by atoms with Crippen molar-refractivity contribution in [3.05, 3.63) is 58.4 Å². The van der Waals surface area contributed by atoms with Gasteiger partial charge in [-0.25, -0.2) is 0 Å². The van der Waals surface area contributed by atoms with Crippen LogP contribution in [0.1, 0.15) is 28.2 Å². The van der Waals surface area contributed by atoms with Gasteiger partial charge in [-0.2, -0.15) is 0 Å². The number of hydrogen-bond acceptors (Lipinski definition) is 5. The molecule has 3 rings (SSSR count). The number of fused-ring (bicyclic) bond motifs is 1. The number of esters is 2. The fourth-order valence-corrected chi connectivity index (χ4v) is 3.70. The summed E-state index contributed by atoms with van der Waals surface area (Å²) in [7, 11) is 2.39. The van der Waals surface area contributed by atoms with E-state index in [1.165, 1.54) is 20.3 Å². The first-order valence-corrected chi connectivity index (χ1v) is 8.01. The summed E-state index contributed by atoms with van der Waals surface area (Å²) in [6.07, 6.45) is 0.122. The second-order valence-corrected chi connectivity index (χ2v) is 6.12. The predicted octanol–water partition coefficient (Wildman–Crippen LogP) is 2.36. The summed E-state index contributed by atoms with van der Waals surface area (Å²) >= 11 is 6.32. The molecule has 25 heavy (non-hydrogen) atoms. The summed E-state index contributed by atoms with van der Waals surface area (Å²) in [5.74, 6) is -1.74. The van der Waals surface area contributed by atoms with Crippen molar-refractivity contribution in [2.75, 3.05) is 14.2 Å². The molecule has 0 saturated carbocycles. The first-order chi connectivity index (χ1) is 12.0. The highest BCUT2D eigenvalue weighted by Crippen LogP contribution is 2.43. The quantitative estimate of drug-likeness (QED) is 0.475. The number of ether oxygens (including phenoxy) is 2. The minimum Gasteiger partial charge on any atom is -0.468 e. The third-order valence-electron chi connectivity index (χ3n) is 4.50. The molecule has 130 valence electrons. The number of ketones is 1. The fourth-order valence-electron chi connectivity index (χ4n) is 3.33. The summed E-state index contributed by atoms with van der Waals surface area (Å²) in [5.41, 5.74) is -0.600. The van der Waals surface area contributed by atoms with Gasteiger partial charge in [0.2, 0.25) is 11.2 Å². The lowest BCUT2D eigenvalue weighted by Crippen LogP contribution is -2.44. The molecule has 0 fully saturated rings. The monoisotopic (exact) mass is 361 g/mol. The van der Waals surface area contributed by atoms with E-state index in [9.17, 15) is 14.4 Å². The molecule has 2 aromatic rings. The number of hydrogen-bond donors (Lipinski definition) is 0. The van der Waals surface area contributed by atoms with Gasteiger partial charge in [-0.3, -0.25) is 14.4 Å². The van der Waals surface area contributed by atoms with Crippen LogP contribution in [0.2, 0.25) is 5.02 Å². The van der Waals surface area contributed by atoms with Crippen molar-refractivity contribution in [2.24, 2.45) is 0 Å². The molecule has 6 nitrogen and oxygen atoms in total. The van der Waals surface area contributed by atoms with Crippen LogP contribution in [0.15, 0.2) is 36.4 Å². The van der Waals surface area contributed by atoms with E-state index in [1.54, 1.807) is 28.8 Å². The van der Waals surface area contributed by atoms with E-state index in [0.717, 1.165) is 0 Å². The van der Waals surface area contributed by atoms with E-state index in [-0.39, 0.29) is 29.5 Å². The van der Waals surface area contributed by atoms with Gasteiger partial charge in [0.05, 0.1) is 30.6 Å². The van der Waals surface area contributed by atoms with Crippen molar-refractivity contribution < 1.29 is 23.9 Å². The molecule has 1 aliphatic rings. The highest BCUT2D eigenvalue weighted by atomic mass is 35.5. The Balaban J connectivity index is 2.16. The van der Waals surface area contributed by atoms with Crippen LogP contribution >= 0.6 is 11.6 Å². The summed E-state index contributed by atoms with van der Waals surface area (Å²) in [6.45, 7) is 0.278. The van der Waals surface area contributed by atoms with Crippen LogP contribution in [0.4, 0.5) is 0 Å². The maximum absolute atomic E-state index is 12.8. The Morgan fingerprint density at radius 1 is 1.08 bits per heavy atom. The topological polar surface area (TPSA) is 74.6 Å². The van der Waals surface area contributed by atoms with Gasteiger partial charge in [-0.1, -0.05) is 41.9 Å². The molecular weight excluding hydrogens is 346 g/mol. The van der Waals surface area contributed by atoms with E-state index in [4.69, 9.17) is 21.1 Å². The Morgan fingerprint density at radius 3 is 2.24 bits per heavy atom. The average molecular weight is 362 g/mol. The summed E-state index contributed by atoms with van der Waals surface area (Å²) in [4.78, 5) is 37.6. The van der Waals surface area contributed by atoms with Crippen molar-refractivity contribution in [3.63, 3.8) is 0 Å². The van der Waals surface area contributed by atoms with Gasteiger partial charge in [0.15, 0.2) is 0 Å². The highest BCUT2D eigenvalue weighted by molar-refractivity contribution is 6.33. The zero-order valence-corrected chi connectivity index (χ0v) is 14.5. The number of nitrogens with zero attached hydrogens (tertiary/aromatic N) is 1. The van der Waals surface area contributed by atoms with Crippen LogP contribution in [0, 0.1) is 0 Å². The molecule has 7 heteroatoms. The third kappa shape index (κ3) is 2.44. The summed E-state index contributed by atoms with van der Waals surface area (Å²) in [6, 6.07) is 10.2. The second kappa shape index (κ2) is 6.37. The second-order valence-electron chi connectivity index (χ2n) is 5.71. The van der Waals surface area contributed by atoms with Crippen molar-refractivity contribution in [1.29, 1.82) is 0 Å². The van der Waals surface area contributed by atoms with Gasteiger partial charge >= 0.3 is 11.9 Å². The van der Waals surface area contributed by atoms with Crippen molar-refractivity contribution >= 4 is 29.3 Å². The molecule has 0 unspecified atom stereocenters. The van der Waals surface area contributed by atoms with Gasteiger partial charge in [-0.15, -0.1) is 0 Å². The zero-order valence-electron chi connectivity index (χ0n) is 13.7. The minimum absolute atomic E-state index is 0.122. The largest absolute Gasteiger partial charge is 0.468 e. The van der Waals surface area contributed by atoms with Crippen molar-refractivity contribution in [3.8, 4) is 0 Å². The van der Waals surface area contributed by atoms with Gasteiger partial charge in [0, 0.05) is 12.1 Å². The van der Waals surface area contributed by atoms with Gasteiger partial charge in [0.25, 0.3) is 0 Å². The van der Waals surface area contributed by atoms with Crippen LogP contribution in [0.25, 0.3) is 0 Å². The minimum atomic E-state index is -1.66. The smallest absolute Gasteiger partial charge is 0.329 e. The molecule has 2 heterocycles. The Morgan fingerprint density at radius 2 is 1.68 bits per heavy atom. The molecule has 0 N–H and O–H groups in total. The highest BCUT2D eigenvalue weighted by Gasteiger charge is 2.57. The SMILES string of the molecule is COC(=O)C1(C(=O)OC)CCn2c(C(=O)c3ccccc3)cc(Cl)c21. The van der Waals surface area contributed by atoms with Gasteiger partial charge in [-0.05, 0) is 12.5 Å². The number of rotatable bonds is 4. The zero-order chi connectivity index (χ0) is 18.2. The van der Waals surface area contributed by atoms with E-state index in [0.29, 0.717) is 11.3 Å². The lowest BCUT2D eigenvalue weighted by atomic mass is 9.83. The first kappa shape index (κ1) is 17.2. The average Bonchev–Trinajstić information content (AvgIpc) is 3.20. The van der Waals surface area contributed by atoms with Crippen LogP contribution < -0.4 is 0 Å². The number of benzene rings is 1. The Kier molecular flexibility index (Phi) is 4.39. The fraction of sp³-hybridized carbons (Fsp3) is 0.278. The first-order valence-electron chi connectivity index (χ1n) is 7.63. The maximum atomic E-state index is 12.8. The molecule has 0 bridgehead atoms. The standard InChI is InChI=1S/C18H16ClNO5/c1-24-16(22)18(17(23)25-2)8-9-20-13(10-12(19)15(18)20)14(21)11-6-4-3-5-7-11/h3-7,10H,8-9H2,1-2H3. The lowest BCUT2D eigenvalue weighted by molar-refractivity contribution is -0.161. The van der Waals surface area contributed by atoms with Crippen molar-refractivity contribution in [1.82, 2.24) is 4.57 Å². The van der Waals surface area contributed by atoms with E-state index in [1.807, 2.05) is 6.07 Å². The number of halogens is 1. The molecule has 0 amide bonds. The maximum Gasteiger partial charge on any atom is 0.329 e. The Labute approximate surface area is 149 Å². The number of methoxy groups -OCH3 is 2. The lowest BCUT2D eigenvalue weighted by Gasteiger charge is -2.23. The van der Waals surface area contributed by atoms with Gasteiger partial charge in [0.1, 0.15) is 0 Å². The normalized spacial score (nSPS) is 14.7. The molecular formula is C18H16ClNO5. The Hall–Kier alpha value is -2.60. The van der Waals surface area contributed by atoms with Crippen LogP contribution in [0.3, 0.4) is 0 Å². The van der Waals surface area contributed by atoms with E-state index < -0.39 is 17.4 Å². The molecule has 0 aliphatic carbocycles. The van der Waals surface area contributed by atoms with E-state index >= 15 is 0 Å². The summed E-state index contributed by atoms with van der Waals surface area (Å²) in [5, 5.41) is 0.160.